The summed E-state index contributed by atoms with van der Waals surface area (Å²) < 4.78 is 2.50. The maximum atomic E-state index is 12.6. The summed E-state index contributed by atoms with van der Waals surface area (Å²) >= 11 is 0. The Labute approximate surface area is 167 Å². The van der Waals surface area contributed by atoms with Gasteiger partial charge in [0.15, 0.2) is 0 Å². The second-order valence-corrected chi connectivity index (χ2v) is 9.12. The minimum Gasteiger partial charge on any atom is -0.343 e. The lowest BCUT2D eigenvalue weighted by Crippen LogP contribution is -2.33. The number of benzene rings is 1. The molecule has 5 heteroatoms. The topological polar surface area (TPSA) is 49.6 Å². The van der Waals surface area contributed by atoms with E-state index in [1.165, 1.54) is 49.1 Å². The fraction of sp³-hybridized carbons (Fsp3) is 0.565. The number of aryl methyl sites for hydroxylation is 1. The van der Waals surface area contributed by atoms with Gasteiger partial charge >= 0.3 is 0 Å². The van der Waals surface area contributed by atoms with E-state index in [1.807, 2.05) is 12.1 Å². The van der Waals surface area contributed by atoms with Crippen LogP contribution in [0.5, 0.6) is 0 Å². The third kappa shape index (κ3) is 3.60. The van der Waals surface area contributed by atoms with Crippen LogP contribution >= 0.6 is 0 Å². The molecule has 0 atom stereocenters. The molecule has 0 unspecified atom stereocenters. The van der Waals surface area contributed by atoms with Crippen LogP contribution in [-0.4, -0.2) is 41.7 Å². The van der Waals surface area contributed by atoms with Gasteiger partial charge in [-0.1, -0.05) is 26.3 Å². The molecule has 1 aromatic heterocycles. The minimum absolute atomic E-state index is 0.165. The Hall–Kier alpha value is -2.14. The van der Waals surface area contributed by atoms with Crippen LogP contribution in [0.25, 0.3) is 10.9 Å². The van der Waals surface area contributed by atoms with Gasteiger partial charge in [-0.15, -0.1) is 0 Å². The smallest absolute Gasteiger partial charge is 0.272 e. The molecule has 2 aliphatic rings. The molecule has 0 spiro atoms. The van der Waals surface area contributed by atoms with Crippen molar-refractivity contribution in [3.05, 3.63) is 35.0 Å². The van der Waals surface area contributed by atoms with Crippen molar-refractivity contribution in [2.45, 2.75) is 58.9 Å². The summed E-state index contributed by atoms with van der Waals surface area (Å²) in [4.78, 5) is 15.2. The molecule has 2 aromatic rings. The van der Waals surface area contributed by atoms with Gasteiger partial charge in [0.1, 0.15) is 0 Å². The van der Waals surface area contributed by atoms with Gasteiger partial charge in [0.05, 0.1) is 5.56 Å². The number of hydrogen-bond donors (Lipinski definition) is 1. The van der Waals surface area contributed by atoms with Gasteiger partial charge in [-0.3, -0.25) is 4.79 Å². The summed E-state index contributed by atoms with van der Waals surface area (Å²) in [5.41, 5.74) is 7.53. The number of fused-ring (bicyclic) bond motifs is 3. The highest BCUT2D eigenvalue weighted by atomic mass is 16.2. The molecule has 0 radical (unpaired) electrons. The molecule has 1 aliphatic heterocycles. The van der Waals surface area contributed by atoms with E-state index in [2.05, 4.69) is 46.6 Å². The minimum atomic E-state index is -0.165. The first-order valence-electron chi connectivity index (χ1n) is 10.6. The number of aromatic nitrogens is 1. The van der Waals surface area contributed by atoms with Crippen LogP contribution in [0.3, 0.4) is 0 Å². The van der Waals surface area contributed by atoms with Crippen molar-refractivity contribution in [2.75, 3.05) is 19.6 Å². The molecule has 1 amide bonds. The summed E-state index contributed by atoms with van der Waals surface area (Å²) in [5.74, 6) is -0.165. The molecule has 1 aliphatic carbocycles. The van der Waals surface area contributed by atoms with E-state index in [0.717, 1.165) is 43.3 Å². The predicted molar refractivity (Wildman–Crippen MR) is 115 cm³/mol. The standard InChI is InChI=1S/C23H32N4O/c1-23(2)11-10-17-20(16-23)27(15-14-26-12-5-4-6-13-26)19-9-7-8-18(21(17)19)22(28)25-24-3/h7-9H,3-6,10-16H2,1-2H3,(H,25,28). The molecule has 0 bridgehead atoms. The van der Waals surface area contributed by atoms with Crippen molar-refractivity contribution < 1.29 is 4.79 Å². The summed E-state index contributed by atoms with van der Waals surface area (Å²) in [7, 11) is 0. The van der Waals surface area contributed by atoms with Gasteiger partial charge in [0.25, 0.3) is 5.91 Å². The normalized spacial score (nSPS) is 19.4. The lowest BCUT2D eigenvalue weighted by molar-refractivity contribution is 0.0957. The second-order valence-electron chi connectivity index (χ2n) is 9.12. The largest absolute Gasteiger partial charge is 0.343 e. The monoisotopic (exact) mass is 380 g/mol. The zero-order chi connectivity index (χ0) is 19.7. The Morgan fingerprint density at radius 2 is 2.00 bits per heavy atom. The fourth-order valence-corrected chi connectivity index (χ4v) is 5.01. The molecule has 1 saturated heterocycles. The fourth-order valence-electron chi connectivity index (χ4n) is 5.01. The Morgan fingerprint density at radius 1 is 1.21 bits per heavy atom. The van der Waals surface area contributed by atoms with E-state index in [-0.39, 0.29) is 5.91 Å². The number of piperidine rings is 1. The average molecular weight is 381 g/mol. The summed E-state index contributed by atoms with van der Waals surface area (Å²) in [6.07, 6.45) is 7.25. The van der Waals surface area contributed by atoms with Crippen molar-refractivity contribution in [1.29, 1.82) is 0 Å². The van der Waals surface area contributed by atoms with Gasteiger partial charge < -0.3 is 9.47 Å². The Kier molecular flexibility index (Phi) is 5.28. The van der Waals surface area contributed by atoms with Crippen LogP contribution in [0.4, 0.5) is 0 Å². The van der Waals surface area contributed by atoms with Crippen LogP contribution in [-0.2, 0) is 19.4 Å². The van der Waals surface area contributed by atoms with Crippen molar-refractivity contribution in [1.82, 2.24) is 14.9 Å². The molecule has 28 heavy (non-hydrogen) atoms. The molecule has 2 heterocycles. The van der Waals surface area contributed by atoms with E-state index >= 15 is 0 Å². The summed E-state index contributed by atoms with van der Waals surface area (Å²) in [5, 5.41) is 4.71. The molecule has 4 rings (SSSR count). The zero-order valence-electron chi connectivity index (χ0n) is 17.3. The number of likely N-dealkylation sites (tertiary alicyclic amines) is 1. The number of carbonyl (C=O) groups is 1. The zero-order valence-corrected chi connectivity index (χ0v) is 17.3. The number of rotatable bonds is 5. The Morgan fingerprint density at radius 3 is 2.75 bits per heavy atom. The van der Waals surface area contributed by atoms with Crippen LogP contribution in [0.15, 0.2) is 23.3 Å². The number of amides is 1. The van der Waals surface area contributed by atoms with Crippen molar-refractivity contribution in [3.8, 4) is 0 Å². The van der Waals surface area contributed by atoms with E-state index < -0.39 is 0 Å². The molecule has 1 aromatic carbocycles. The van der Waals surface area contributed by atoms with E-state index in [4.69, 9.17) is 0 Å². The van der Waals surface area contributed by atoms with E-state index in [0.29, 0.717) is 5.41 Å². The number of nitrogens with one attached hydrogen (secondary N) is 1. The molecular weight excluding hydrogens is 348 g/mol. The average Bonchev–Trinajstić information content (AvgIpc) is 2.99. The first kappa shape index (κ1) is 19.2. The highest BCUT2D eigenvalue weighted by Crippen LogP contribution is 2.41. The van der Waals surface area contributed by atoms with E-state index in [1.54, 1.807) is 0 Å². The second kappa shape index (κ2) is 7.70. The molecule has 5 nitrogen and oxygen atoms in total. The number of hydrazone groups is 1. The van der Waals surface area contributed by atoms with Crippen LogP contribution in [0.2, 0.25) is 0 Å². The molecular formula is C23H32N4O. The number of nitrogens with zero attached hydrogens (tertiary/aromatic N) is 3. The summed E-state index contributed by atoms with van der Waals surface area (Å²) in [6, 6.07) is 6.08. The molecule has 150 valence electrons. The Bertz CT molecular complexity index is 890. The van der Waals surface area contributed by atoms with E-state index in [9.17, 15) is 4.79 Å². The highest BCUT2D eigenvalue weighted by Gasteiger charge is 2.31. The van der Waals surface area contributed by atoms with Gasteiger partial charge in [0, 0.05) is 36.4 Å². The maximum Gasteiger partial charge on any atom is 0.272 e. The van der Waals surface area contributed by atoms with Crippen molar-refractivity contribution in [2.24, 2.45) is 10.5 Å². The summed E-state index contributed by atoms with van der Waals surface area (Å²) in [6.45, 7) is 12.6. The quantitative estimate of drug-likeness (QED) is 0.630. The predicted octanol–water partition coefficient (Wildman–Crippen LogP) is 3.99. The lowest BCUT2D eigenvalue weighted by atomic mass is 9.76. The van der Waals surface area contributed by atoms with Gasteiger partial charge in [-0.05, 0) is 68.3 Å². The molecule has 1 N–H and O–H groups in total. The van der Waals surface area contributed by atoms with Crippen molar-refractivity contribution in [3.63, 3.8) is 0 Å². The lowest BCUT2D eigenvalue weighted by Gasteiger charge is -2.32. The molecule has 0 saturated carbocycles. The van der Waals surface area contributed by atoms with Gasteiger partial charge in [-0.2, -0.15) is 5.10 Å². The third-order valence-corrected chi connectivity index (χ3v) is 6.52. The van der Waals surface area contributed by atoms with Crippen LogP contribution in [0, 0.1) is 5.41 Å². The molecule has 1 fully saturated rings. The first-order chi connectivity index (χ1) is 13.5. The van der Waals surface area contributed by atoms with Crippen molar-refractivity contribution >= 4 is 23.5 Å². The van der Waals surface area contributed by atoms with Crippen LogP contribution < -0.4 is 5.43 Å². The van der Waals surface area contributed by atoms with Gasteiger partial charge in [-0.25, -0.2) is 5.43 Å². The van der Waals surface area contributed by atoms with Crippen LogP contribution in [0.1, 0.15) is 61.1 Å². The first-order valence-corrected chi connectivity index (χ1v) is 10.6. The highest BCUT2D eigenvalue weighted by molar-refractivity contribution is 6.08. The SMILES string of the molecule is C=NNC(=O)c1cccc2c1c1c(n2CCN2CCCCC2)CC(C)(C)CC1. The van der Waals surface area contributed by atoms with Gasteiger partial charge in [0.2, 0.25) is 0 Å². The number of carbonyl (C=O) groups excluding carboxylic acids is 1. The maximum absolute atomic E-state index is 12.6. The third-order valence-electron chi connectivity index (χ3n) is 6.52. The number of hydrogen-bond acceptors (Lipinski definition) is 3. The Balaban J connectivity index is 1.77.